The highest BCUT2D eigenvalue weighted by atomic mass is 16.5. The fraction of sp³-hybridized carbons (Fsp3) is 0.462. The van der Waals surface area contributed by atoms with Crippen LogP contribution in [0.25, 0.3) is 0 Å². The molecule has 0 bridgehead atoms. The van der Waals surface area contributed by atoms with Crippen LogP contribution in [-0.2, 0) is 4.79 Å². The van der Waals surface area contributed by atoms with Gasteiger partial charge in [0.2, 0.25) is 0 Å². The van der Waals surface area contributed by atoms with Crippen LogP contribution in [0.2, 0.25) is 0 Å². The van der Waals surface area contributed by atoms with Gasteiger partial charge in [0.05, 0.1) is 6.54 Å². The SMILES string of the molecule is Cc1ccc(OC(C)(C)C)cc1.NCC(=O)O. The molecule has 0 saturated heterocycles. The van der Waals surface area contributed by atoms with Gasteiger partial charge in [-0.25, -0.2) is 0 Å². The third-order valence-electron chi connectivity index (χ3n) is 1.62. The highest BCUT2D eigenvalue weighted by molar-refractivity contribution is 5.68. The number of aliphatic carboxylic acids is 1. The first-order valence-corrected chi connectivity index (χ1v) is 5.42. The van der Waals surface area contributed by atoms with E-state index in [9.17, 15) is 4.79 Å². The Kier molecular flexibility index (Phi) is 6.28. The van der Waals surface area contributed by atoms with Crippen molar-refractivity contribution < 1.29 is 14.6 Å². The smallest absolute Gasteiger partial charge is 0.317 e. The van der Waals surface area contributed by atoms with Gasteiger partial charge in [0, 0.05) is 0 Å². The largest absolute Gasteiger partial charge is 0.488 e. The van der Waals surface area contributed by atoms with Crippen LogP contribution in [0.15, 0.2) is 24.3 Å². The Morgan fingerprint density at radius 3 is 2.00 bits per heavy atom. The van der Waals surface area contributed by atoms with E-state index in [0.29, 0.717) is 0 Å². The summed E-state index contributed by atoms with van der Waals surface area (Å²) < 4.78 is 5.66. The molecule has 96 valence electrons. The minimum Gasteiger partial charge on any atom is -0.488 e. The molecule has 0 heterocycles. The maximum atomic E-state index is 9.24. The van der Waals surface area contributed by atoms with E-state index in [-0.39, 0.29) is 12.1 Å². The van der Waals surface area contributed by atoms with Gasteiger partial charge < -0.3 is 15.6 Å². The van der Waals surface area contributed by atoms with Crippen molar-refractivity contribution in [3.63, 3.8) is 0 Å². The zero-order valence-electron chi connectivity index (χ0n) is 10.9. The second-order valence-electron chi connectivity index (χ2n) is 4.63. The lowest BCUT2D eigenvalue weighted by molar-refractivity contribution is -0.135. The average Bonchev–Trinajstić information content (AvgIpc) is 2.20. The third-order valence-corrected chi connectivity index (χ3v) is 1.62. The summed E-state index contributed by atoms with van der Waals surface area (Å²) in [6.45, 7) is 7.94. The first-order chi connectivity index (χ1) is 7.74. The second kappa shape index (κ2) is 6.91. The van der Waals surface area contributed by atoms with Crippen molar-refractivity contribution in [2.75, 3.05) is 6.54 Å². The van der Waals surface area contributed by atoms with Gasteiger partial charge in [-0.05, 0) is 39.8 Å². The van der Waals surface area contributed by atoms with E-state index in [4.69, 9.17) is 9.84 Å². The average molecular weight is 239 g/mol. The molecule has 0 amide bonds. The number of hydrogen-bond acceptors (Lipinski definition) is 3. The quantitative estimate of drug-likeness (QED) is 0.829. The fourth-order valence-electron chi connectivity index (χ4n) is 0.960. The molecule has 3 N–H and O–H groups in total. The van der Waals surface area contributed by atoms with Gasteiger partial charge >= 0.3 is 5.97 Å². The Hall–Kier alpha value is -1.55. The Balaban J connectivity index is 0.000000437. The highest BCUT2D eigenvalue weighted by Gasteiger charge is 2.10. The van der Waals surface area contributed by atoms with Crippen molar-refractivity contribution >= 4 is 5.97 Å². The molecule has 0 aromatic heterocycles. The summed E-state index contributed by atoms with van der Waals surface area (Å²) in [5.74, 6) is -0.0295. The van der Waals surface area contributed by atoms with Crippen LogP contribution in [0.1, 0.15) is 26.3 Å². The molecule has 0 radical (unpaired) electrons. The Labute approximate surface area is 102 Å². The number of carbonyl (C=O) groups is 1. The zero-order valence-corrected chi connectivity index (χ0v) is 10.9. The molecule has 4 nitrogen and oxygen atoms in total. The Bertz CT molecular complexity index is 339. The molecule has 1 aromatic carbocycles. The van der Waals surface area contributed by atoms with E-state index in [1.807, 2.05) is 32.9 Å². The number of nitrogens with two attached hydrogens (primary N) is 1. The standard InChI is InChI=1S/C11H16O.C2H5NO2/c1-9-5-7-10(8-6-9)12-11(2,3)4;3-1-2(4)5/h5-8H,1-4H3;1,3H2,(H,4,5). The summed E-state index contributed by atoms with van der Waals surface area (Å²) in [6.07, 6.45) is 0. The van der Waals surface area contributed by atoms with Gasteiger partial charge in [0.25, 0.3) is 0 Å². The van der Waals surface area contributed by atoms with Crippen molar-refractivity contribution in [2.24, 2.45) is 5.73 Å². The van der Waals surface area contributed by atoms with Crippen LogP contribution < -0.4 is 10.5 Å². The van der Waals surface area contributed by atoms with Crippen LogP contribution >= 0.6 is 0 Å². The molecule has 0 spiro atoms. The van der Waals surface area contributed by atoms with E-state index in [0.717, 1.165) is 5.75 Å². The maximum absolute atomic E-state index is 9.24. The molecule has 0 fully saturated rings. The zero-order chi connectivity index (χ0) is 13.5. The molecule has 4 heteroatoms. The second-order valence-corrected chi connectivity index (χ2v) is 4.63. The summed E-state index contributed by atoms with van der Waals surface area (Å²) in [4.78, 5) is 9.24. The number of carboxylic acids is 1. The van der Waals surface area contributed by atoms with Gasteiger partial charge in [0.15, 0.2) is 0 Å². The van der Waals surface area contributed by atoms with Crippen LogP contribution in [0.3, 0.4) is 0 Å². The summed E-state index contributed by atoms with van der Waals surface area (Å²) >= 11 is 0. The first-order valence-electron chi connectivity index (χ1n) is 5.42. The Morgan fingerprint density at radius 1 is 1.29 bits per heavy atom. The maximum Gasteiger partial charge on any atom is 0.317 e. The fourth-order valence-corrected chi connectivity index (χ4v) is 0.960. The van der Waals surface area contributed by atoms with E-state index < -0.39 is 5.97 Å². The van der Waals surface area contributed by atoms with Crippen molar-refractivity contribution in [1.82, 2.24) is 0 Å². The minimum absolute atomic E-state index is 0.102. The summed E-state index contributed by atoms with van der Waals surface area (Å²) in [5.41, 5.74) is 5.73. The van der Waals surface area contributed by atoms with Crippen LogP contribution in [-0.4, -0.2) is 23.2 Å². The lowest BCUT2D eigenvalue weighted by atomic mass is 10.2. The predicted octanol–water partition coefficient (Wildman–Crippen LogP) is 2.20. The van der Waals surface area contributed by atoms with Crippen LogP contribution in [0.5, 0.6) is 5.75 Å². The van der Waals surface area contributed by atoms with E-state index in [1.165, 1.54) is 5.56 Å². The topological polar surface area (TPSA) is 72.5 Å². The van der Waals surface area contributed by atoms with Crippen LogP contribution in [0, 0.1) is 6.92 Å². The number of rotatable bonds is 2. The van der Waals surface area contributed by atoms with Gasteiger partial charge in [-0.3, -0.25) is 4.79 Å². The molecule has 1 aromatic rings. The van der Waals surface area contributed by atoms with Gasteiger partial charge in [-0.2, -0.15) is 0 Å². The van der Waals surface area contributed by atoms with Crippen molar-refractivity contribution in [3.05, 3.63) is 29.8 Å². The molecule has 0 unspecified atom stereocenters. The van der Waals surface area contributed by atoms with E-state index >= 15 is 0 Å². The summed E-state index contributed by atoms with van der Waals surface area (Å²) in [5, 5.41) is 7.60. The van der Waals surface area contributed by atoms with E-state index in [1.54, 1.807) is 0 Å². The molecular formula is C13H21NO3. The lowest BCUT2D eigenvalue weighted by Crippen LogP contribution is -2.22. The summed E-state index contributed by atoms with van der Waals surface area (Å²) in [7, 11) is 0. The number of aryl methyl sites for hydroxylation is 1. The number of hydrogen-bond donors (Lipinski definition) is 2. The normalized spacial score (nSPS) is 10.2. The minimum atomic E-state index is -0.968. The monoisotopic (exact) mass is 239 g/mol. The molecule has 0 atom stereocenters. The van der Waals surface area contributed by atoms with Gasteiger partial charge in [-0.15, -0.1) is 0 Å². The molecule has 0 aliphatic rings. The molecule has 1 rings (SSSR count). The summed E-state index contributed by atoms with van der Waals surface area (Å²) in [6, 6.07) is 8.11. The number of ether oxygens (including phenoxy) is 1. The highest BCUT2D eigenvalue weighted by Crippen LogP contribution is 2.17. The van der Waals surface area contributed by atoms with Crippen LogP contribution in [0.4, 0.5) is 0 Å². The molecule has 0 aliphatic heterocycles. The molecular weight excluding hydrogens is 218 g/mol. The number of carboxylic acid groups (broad SMARTS) is 1. The molecule has 0 saturated carbocycles. The van der Waals surface area contributed by atoms with Gasteiger partial charge in [-0.1, -0.05) is 17.7 Å². The molecule has 17 heavy (non-hydrogen) atoms. The number of benzene rings is 1. The molecule has 0 aliphatic carbocycles. The third kappa shape index (κ3) is 9.38. The lowest BCUT2D eigenvalue weighted by Gasteiger charge is -2.21. The Morgan fingerprint density at radius 2 is 1.71 bits per heavy atom. The predicted molar refractivity (Wildman–Crippen MR) is 68.3 cm³/mol. The first kappa shape index (κ1) is 15.4. The van der Waals surface area contributed by atoms with Gasteiger partial charge in [0.1, 0.15) is 11.4 Å². The van der Waals surface area contributed by atoms with Crippen molar-refractivity contribution in [2.45, 2.75) is 33.3 Å². The van der Waals surface area contributed by atoms with Crippen molar-refractivity contribution in [3.8, 4) is 5.75 Å². The van der Waals surface area contributed by atoms with Crippen molar-refractivity contribution in [1.29, 1.82) is 0 Å². The van der Waals surface area contributed by atoms with E-state index in [2.05, 4.69) is 24.8 Å².